The second kappa shape index (κ2) is 7.34. The van der Waals surface area contributed by atoms with Gasteiger partial charge in [-0.15, -0.1) is 12.4 Å². The highest BCUT2D eigenvalue weighted by molar-refractivity contribution is 5.85. The van der Waals surface area contributed by atoms with Crippen molar-refractivity contribution in [2.45, 2.75) is 52.0 Å². The summed E-state index contributed by atoms with van der Waals surface area (Å²) in [5.41, 5.74) is 0. The third-order valence-electron chi connectivity index (χ3n) is 4.69. The van der Waals surface area contributed by atoms with Crippen molar-refractivity contribution in [3.05, 3.63) is 0 Å². The van der Waals surface area contributed by atoms with E-state index in [9.17, 15) is 4.79 Å². The molecule has 18 heavy (non-hydrogen) atoms. The molecule has 0 aromatic carbocycles. The molecule has 1 aliphatic carbocycles. The number of rotatable bonds is 4. The van der Waals surface area contributed by atoms with Crippen LogP contribution in [0.25, 0.3) is 0 Å². The van der Waals surface area contributed by atoms with E-state index in [2.05, 4.69) is 24.5 Å². The van der Waals surface area contributed by atoms with Gasteiger partial charge in [-0.1, -0.05) is 33.1 Å². The number of halogens is 1. The number of carbonyl (C=O) groups is 1. The number of amides is 1. The maximum atomic E-state index is 12.2. The minimum atomic E-state index is 0. The van der Waals surface area contributed by atoms with Crippen molar-refractivity contribution in [3.8, 4) is 0 Å². The zero-order valence-corrected chi connectivity index (χ0v) is 12.4. The Labute approximate surface area is 117 Å². The lowest BCUT2D eigenvalue weighted by molar-refractivity contribution is -0.128. The first-order chi connectivity index (χ1) is 8.22. The zero-order valence-electron chi connectivity index (χ0n) is 11.6. The van der Waals surface area contributed by atoms with E-state index in [-0.39, 0.29) is 24.2 Å². The molecule has 2 rings (SSSR count). The van der Waals surface area contributed by atoms with Gasteiger partial charge in [0, 0.05) is 12.0 Å². The molecule has 1 saturated carbocycles. The van der Waals surface area contributed by atoms with Gasteiger partial charge in [-0.25, -0.2) is 0 Å². The average Bonchev–Trinajstić information content (AvgIpc) is 2.27. The molecule has 0 aromatic rings. The smallest absolute Gasteiger partial charge is 0.223 e. The van der Waals surface area contributed by atoms with Gasteiger partial charge in [-0.05, 0) is 37.8 Å². The van der Waals surface area contributed by atoms with Crippen LogP contribution in [-0.4, -0.2) is 25.0 Å². The number of nitrogens with one attached hydrogen (secondary N) is 2. The van der Waals surface area contributed by atoms with Crippen molar-refractivity contribution in [2.24, 2.45) is 17.8 Å². The van der Waals surface area contributed by atoms with Crippen LogP contribution in [0.3, 0.4) is 0 Å². The molecule has 3 atom stereocenters. The lowest BCUT2D eigenvalue weighted by Gasteiger charge is -2.35. The summed E-state index contributed by atoms with van der Waals surface area (Å²) in [4.78, 5) is 12.2. The molecule has 0 spiro atoms. The van der Waals surface area contributed by atoms with Crippen LogP contribution >= 0.6 is 12.4 Å². The minimum Gasteiger partial charge on any atom is -0.353 e. The molecule has 4 heteroatoms. The molecule has 1 saturated heterocycles. The summed E-state index contributed by atoms with van der Waals surface area (Å²) in [6.07, 6.45) is 6.29. The van der Waals surface area contributed by atoms with Crippen molar-refractivity contribution >= 4 is 18.3 Å². The summed E-state index contributed by atoms with van der Waals surface area (Å²) in [5, 5.41) is 6.54. The van der Waals surface area contributed by atoms with E-state index in [0.717, 1.165) is 13.1 Å². The van der Waals surface area contributed by atoms with Crippen LogP contribution in [0.15, 0.2) is 0 Å². The normalized spacial score (nSPS) is 29.9. The highest BCUT2D eigenvalue weighted by Gasteiger charge is 2.31. The molecule has 0 aromatic heterocycles. The molecule has 106 valence electrons. The topological polar surface area (TPSA) is 41.1 Å². The second-order valence-corrected chi connectivity index (χ2v) is 5.77. The molecule has 2 aliphatic rings. The fraction of sp³-hybridized carbons (Fsp3) is 0.929. The fourth-order valence-corrected chi connectivity index (χ4v) is 3.08. The van der Waals surface area contributed by atoms with E-state index < -0.39 is 0 Å². The molecule has 3 nitrogen and oxygen atoms in total. The van der Waals surface area contributed by atoms with Crippen molar-refractivity contribution in [1.82, 2.24) is 10.6 Å². The Morgan fingerprint density at radius 1 is 1.33 bits per heavy atom. The highest BCUT2D eigenvalue weighted by atomic mass is 35.5. The largest absolute Gasteiger partial charge is 0.353 e. The molecule has 2 N–H and O–H groups in total. The maximum Gasteiger partial charge on any atom is 0.223 e. The summed E-state index contributed by atoms with van der Waals surface area (Å²) in [6, 6.07) is 0.441. The van der Waals surface area contributed by atoms with Crippen LogP contribution in [0.2, 0.25) is 0 Å². The first-order valence-electron chi connectivity index (χ1n) is 7.23. The number of carbonyl (C=O) groups excluding carboxylic acids is 1. The van der Waals surface area contributed by atoms with Crippen LogP contribution < -0.4 is 10.6 Å². The molecule has 1 aliphatic heterocycles. The first-order valence-corrected chi connectivity index (χ1v) is 7.23. The van der Waals surface area contributed by atoms with Crippen molar-refractivity contribution in [3.63, 3.8) is 0 Å². The Bertz CT molecular complexity index is 269. The van der Waals surface area contributed by atoms with Gasteiger partial charge in [0.15, 0.2) is 0 Å². The second-order valence-electron chi connectivity index (χ2n) is 5.77. The average molecular weight is 275 g/mol. The van der Waals surface area contributed by atoms with Crippen LogP contribution in [0.5, 0.6) is 0 Å². The summed E-state index contributed by atoms with van der Waals surface area (Å²) in [7, 11) is 0. The monoisotopic (exact) mass is 274 g/mol. The third-order valence-corrected chi connectivity index (χ3v) is 4.69. The van der Waals surface area contributed by atoms with Gasteiger partial charge in [0.25, 0.3) is 0 Å². The zero-order chi connectivity index (χ0) is 12.3. The minimum absolute atomic E-state index is 0. The molecule has 2 fully saturated rings. The Morgan fingerprint density at radius 3 is 2.56 bits per heavy atom. The van der Waals surface area contributed by atoms with Crippen LogP contribution in [-0.2, 0) is 4.79 Å². The van der Waals surface area contributed by atoms with Gasteiger partial charge in [0.05, 0.1) is 0 Å². The molecular formula is C14H27ClN2O. The third kappa shape index (κ3) is 3.61. The van der Waals surface area contributed by atoms with Crippen LogP contribution in [0, 0.1) is 17.8 Å². The maximum absolute atomic E-state index is 12.2. The van der Waals surface area contributed by atoms with E-state index in [4.69, 9.17) is 0 Å². The number of hydrogen-bond donors (Lipinski definition) is 2. The Morgan fingerprint density at radius 2 is 2.00 bits per heavy atom. The molecule has 0 bridgehead atoms. The van der Waals surface area contributed by atoms with E-state index in [0.29, 0.717) is 17.9 Å². The summed E-state index contributed by atoms with van der Waals surface area (Å²) >= 11 is 0. The van der Waals surface area contributed by atoms with Gasteiger partial charge in [-0.2, -0.15) is 0 Å². The SMILES string of the molecule is CCC1CCCCC1NC(=O)C(C)C1CNC1.Cl. The van der Waals surface area contributed by atoms with Crippen molar-refractivity contribution < 1.29 is 4.79 Å². The summed E-state index contributed by atoms with van der Waals surface area (Å²) in [5.74, 6) is 1.72. The highest BCUT2D eigenvalue weighted by Crippen LogP contribution is 2.27. The van der Waals surface area contributed by atoms with Crippen molar-refractivity contribution in [1.29, 1.82) is 0 Å². The molecule has 0 radical (unpaired) electrons. The van der Waals surface area contributed by atoms with Gasteiger partial charge in [-0.3, -0.25) is 4.79 Å². The van der Waals surface area contributed by atoms with Gasteiger partial charge in [0.1, 0.15) is 0 Å². The van der Waals surface area contributed by atoms with Crippen LogP contribution in [0.4, 0.5) is 0 Å². The molecular weight excluding hydrogens is 248 g/mol. The number of hydrogen-bond acceptors (Lipinski definition) is 2. The lowest BCUT2D eigenvalue weighted by Crippen LogP contribution is -2.52. The first kappa shape index (κ1) is 15.8. The Hall–Kier alpha value is -0.280. The van der Waals surface area contributed by atoms with Gasteiger partial charge < -0.3 is 10.6 Å². The van der Waals surface area contributed by atoms with E-state index in [1.807, 2.05) is 0 Å². The van der Waals surface area contributed by atoms with E-state index in [1.54, 1.807) is 0 Å². The van der Waals surface area contributed by atoms with E-state index in [1.165, 1.54) is 32.1 Å². The van der Waals surface area contributed by atoms with Gasteiger partial charge >= 0.3 is 0 Å². The lowest BCUT2D eigenvalue weighted by atomic mass is 9.82. The Balaban J connectivity index is 0.00000162. The standard InChI is InChI=1S/C14H26N2O.ClH/c1-3-11-6-4-5-7-13(11)16-14(17)10(2)12-8-15-9-12;/h10-13,15H,3-9H2,1-2H3,(H,16,17);1H. The van der Waals surface area contributed by atoms with Gasteiger partial charge in [0.2, 0.25) is 5.91 Å². The Kier molecular flexibility index (Phi) is 6.44. The predicted molar refractivity (Wildman–Crippen MR) is 77.0 cm³/mol. The van der Waals surface area contributed by atoms with E-state index >= 15 is 0 Å². The van der Waals surface area contributed by atoms with Crippen LogP contribution in [0.1, 0.15) is 46.0 Å². The summed E-state index contributed by atoms with van der Waals surface area (Å²) < 4.78 is 0. The fourth-order valence-electron chi connectivity index (χ4n) is 3.08. The molecule has 1 amide bonds. The molecule has 3 unspecified atom stereocenters. The summed E-state index contributed by atoms with van der Waals surface area (Å²) in [6.45, 7) is 6.34. The predicted octanol–water partition coefficient (Wildman–Crippen LogP) is 2.35. The molecule has 1 heterocycles. The van der Waals surface area contributed by atoms with Crippen molar-refractivity contribution in [2.75, 3.05) is 13.1 Å². The quantitative estimate of drug-likeness (QED) is 0.826.